The molecule has 3 N–H and O–H groups in total. The summed E-state index contributed by atoms with van der Waals surface area (Å²) in [7, 11) is -3.81. The molecule has 2 aromatic rings. The Morgan fingerprint density at radius 3 is 2.50 bits per heavy atom. The fourth-order valence-electron chi connectivity index (χ4n) is 1.45. The van der Waals surface area contributed by atoms with Crippen molar-refractivity contribution in [3.05, 3.63) is 44.7 Å². The Kier molecular flexibility index (Phi) is 4.66. The van der Waals surface area contributed by atoms with Crippen molar-refractivity contribution in [2.45, 2.75) is 11.4 Å². The highest BCUT2D eigenvalue weighted by molar-refractivity contribution is 9.10. The Labute approximate surface area is 134 Å². The van der Waals surface area contributed by atoms with E-state index in [0.717, 1.165) is 0 Å². The van der Waals surface area contributed by atoms with Gasteiger partial charge in [0.1, 0.15) is 10.7 Å². The van der Waals surface area contributed by atoms with Crippen LogP contribution in [0.1, 0.15) is 5.76 Å². The molecule has 0 fully saturated rings. The lowest BCUT2D eigenvalue weighted by Gasteiger charge is -2.07. The summed E-state index contributed by atoms with van der Waals surface area (Å²) >= 11 is 14.7. The molecule has 9 heteroatoms. The van der Waals surface area contributed by atoms with Crippen LogP contribution in [0.15, 0.2) is 38.2 Å². The summed E-state index contributed by atoms with van der Waals surface area (Å²) < 4.78 is 32.1. The van der Waals surface area contributed by atoms with Gasteiger partial charge in [-0.05, 0) is 34.1 Å². The summed E-state index contributed by atoms with van der Waals surface area (Å²) in [5.41, 5.74) is 5.70. The molecule has 0 amide bonds. The molecule has 2 rings (SSSR count). The van der Waals surface area contributed by atoms with Crippen LogP contribution in [0.25, 0.3) is 0 Å². The van der Waals surface area contributed by atoms with Gasteiger partial charge in [-0.25, -0.2) is 8.42 Å². The lowest BCUT2D eigenvalue weighted by molar-refractivity contribution is 0.484. The maximum absolute atomic E-state index is 12.2. The number of rotatable bonds is 4. The summed E-state index contributed by atoms with van der Waals surface area (Å²) in [6.45, 7) is 0.0981. The second-order valence-electron chi connectivity index (χ2n) is 3.79. The minimum atomic E-state index is -3.81. The lowest BCUT2D eigenvalue weighted by atomic mass is 10.3. The Morgan fingerprint density at radius 2 is 1.95 bits per heavy atom. The highest BCUT2D eigenvalue weighted by Crippen LogP contribution is 2.30. The van der Waals surface area contributed by atoms with Crippen molar-refractivity contribution in [2.24, 2.45) is 5.73 Å². The number of nitrogens with one attached hydrogen (secondary N) is 1. The molecule has 0 spiro atoms. The second kappa shape index (κ2) is 5.95. The quantitative estimate of drug-likeness (QED) is 0.822. The molecule has 5 nitrogen and oxygen atoms in total. The molecule has 0 radical (unpaired) electrons. The molecule has 0 bridgehead atoms. The molecule has 1 heterocycles. The summed E-state index contributed by atoms with van der Waals surface area (Å²) in [5, 5.41) is 0.588. The Hall–Kier alpha value is -0.730. The molecule has 1 aromatic heterocycles. The van der Waals surface area contributed by atoms with Gasteiger partial charge in [0.05, 0.1) is 22.3 Å². The fraction of sp³-hybridized carbons (Fsp3) is 0.0909. The van der Waals surface area contributed by atoms with E-state index in [0.29, 0.717) is 16.5 Å². The maximum atomic E-state index is 12.2. The van der Waals surface area contributed by atoms with Crippen LogP contribution in [0.2, 0.25) is 10.0 Å². The van der Waals surface area contributed by atoms with Gasteiger partial charge in [0.15, 0.2) is 4.67 Å². The third kappa shape index (κ3) is 3.29. The van der Waals surface area contributed by atoms with Crippen molar-refractivity contribution in [1.29, 1.82) is 0 Å². The molecular formula is C11H9BrCl2N2O3S. The zero-order valence-electron chi connectivity index (χ0n) is 9.86. The van der Waals surface area contributed by atoms with Crippen LogP contribution in [-0.2, 0) is 16.6 Å². The monoisotopic (exact) mass is 398 g/mol. The van der Waals surface area contributed by atoms with Crippen molar-refractivity contribution in [3.63, 3.8) is 0 Å². The number of halogens is 3. The molecule has 0 saturated carbocycles. The predicted molar refractivity (Wildman–Crippen MR) is 81.6 cm³/mol. The number of furan rings is 1. The van der Waals surface area contributed by atoms with Gasteiger partial charge in [0.25, 0.3) is 10.0 Å². The van der Waals surface area contributed by atoms with Gasteiger partial charge in [-0.3, -0.25) is 4.72 Å². The second-order valence-corrected chi connectivity index (χ2v) is 6.97. The van der Waals surface area contributed by atoms with Gasteiger partial charge < -0.3 is 10.2 Å². The van der Waals surface area contributed by atoms with E-state index in [9.17, 15) is 8.42 Å². The van der Waals surface area contributed by atoms with Crippen molar-refractivity contribution >= 4 is 54.8 Å². The van der Waals surface area contributed by atoms with Gasteiger partial charge in [-0.1, -0.05) is 23.2 Å². The first-order chi connectivity index (χ1) is 9.33. The highest BCUT2D eigenvalue weighted by Gasteiger charge is 2.22. The van der Waals surface area contributed by atoms with E-state index in [1.165, 1.54) is 24.3 Å². The summed E-state index contributed by atoms with van der Waals surface area (Å²) in [6, 6.07) is 5.77. The van der Waals surface area contributed by atoms with Gasteiger partial charge >= 0.3 is 0 Å². The van der Waals surface area contributed by atoms with E-state index in [-0.39, 0.29) is 21.1 Å². The first kappa shape index (κ1) is 15.7. The van der Waals surface area contributed by atoms with E-state index in [1.807, 2.05) is 0 Å². The Morgan fingerprint density at radius 1 is 1.25 bits per heavy atom. The van der Waals surface area contributed by atoms with Crippen molar-refractivity contribution in [2.75, 3.05) is 4.72 Å². The van der Waals surface area contributed by atoms with E-state index in [1.54, 1.807) is 0 Å². The average Bonchev–Trinajstić information content (AvgIpc) is 2.76. The van der Waals surface area contributed by atoms with Crippen LogP contribution in [0, 0.1) is 0 Å². The topological polar surface area (TPSA) is 85.3 Å². The Balaban J connectivity index is 2.35. The first-order valence-corrected chi connectivity index (χ1v) is 8.33. The molecule has 0 aliphatic heterocycles. The maximum Gasteiger partial charge on any atom is 0.266 e. The average molecular weight is 400 g/mol. The molecular weight excluding hydrogens is 391 g/mol. The molecule has 0 unspecified atom stereocenters. The van der Waals surface area contributed by atoms with Gasteiger partial charge in [-0.15, -0.1) is 0 Å². The number of sulfonamides is 1. The van der Waals surface area contributed by atoms with Crippen LogP contribution < -0.4 is 10.5 Å². The summed E-state index contributed by atoms with van der Waals surface area (Å²) in [4.78, 5) is -0.0379. The zero-order valence-corrected chi connectivity index (χ0v) is 13.8. The normalized spacial score (nSPS) is 11.6. The standard InChI is InChI=1S/C11H9BrCl2N2O3S/c12-11-10(4-7(5-15)19-11)20(17,18)16-6-1-2-8(13)9(14)3-6/h1-4,16H,5,15H2. The van der Waals surface area contributed by atoms with Crippen LogP contribution >= 0.6 is 39.1 Å². The van der Waals surface area contributed by atoms with Crippen LogP contribution in [0.5, 0.6) is 0 Å². The van der Waals surface area contributed by atoms with Gasteiger partial charge in [-0.2, -0.15) is 0 Å². The molecule has 108 valence electrons. The molecule has 0 aliphatic carbocycles. The van der Waals surface area contributed by atoms with Gasteiger partial charge in [0.2, 0.25) is 0 Å². The van der Waals surface area contributed by atoms with E-state index < -0.39 is 10.0 Å². The molecule has 0 saturated heterocycles. The van der Waals surface area contributed by atoms with E-state index in [4.69, 9.17) is 33.4 Å². The van der Waals surface area contributed by atoms with Crippen LogP contribution in [-0.4, -0.2) is 8.42 Å². The Bertz CT molecular complexity index is 746. The third-order valence-electron chi connectivity index (χ3n) is 2.37. The summed E-state index contributed by atoms with van der Waals surface area (Å²) in [5.74, 6) is 0.353. The molecule has 1 aromatic carbocycles. The molecule has 20 heavy (non-hydrogen) atoms. The smallest absolute Gasteiger partial charge is 0.266 e. The summed E-state index contributed by atoms with van der Waals surface area (Å²) in [6.07, 6.45) is 0. The number of hydrogen-bond donors (Lipinski definition) is 2. The minimum Gasteiger partial charge on any atom is -0.452 e. The molecule has 0 aliphatic rings. The SMILES string of the molecule is NCc1cc(S(=O)(=O)Nc2ccc(Cl)c(Cl)c2)c(Br)o1. The highest BCUT2D eigenvalue weighted by atomic mass is 79.9. The van der Waals surface area contributed by atoms with Crippen molar-refractivity contribution < 1.29 is 12.8 Å². The predicted octanol–water partition coefficient (Wildman–Crippen LogP) is 3.61. The fourth-order valence-corrected chi connectivity index (χ4v) is 3.80. The van der Waals surface area contributed by atoms with Gasteiger partial charge in [0, 0.05) is 6.07 Å². The van der Waals surface area contributed by atoms with Crippen LogP contribution in [0.4, 0.5) is 5.69 Å². The van der Waals surface area contributed by atoms with Crippen molar-refractivity contribution in [3.8, 4) is 0 Å². The molecule has 0 atom stereocenters. The zero-order chi connectivity index (χ0) is 14.9. The number of anilines is 1. The number of benzene rings is 1. The first-order valence-electron chi connectivity index (χ1n) is 5.29. The number of nitrogens with two attached hydrogens (primary N) is 1. The largest absolute Gasteiger partial charge is 0.452 e. The van der Waals surface area contributed by atoms with Crippen LogP contribution in [0.3, 0.4) is 0 Å². The van der Waals surface area contributed by atoms with E-state index in [2.05, 4.69) is 20.7 Å². The lowest BCUT2D eigenvalue weighted by Crippen LogP contribution is -2.12. The number of hydrogen-bond acceptors (Lipinski definition) is 4. The minimum absolute atomic E-state index is 0.0379. The van der Waals surface area contributed by atoms with Crippen molar-refractivity contribution in [1.82, 2.24) is 0 Å². The third-order valence-corrected chi connectivity index (χ3v) is 5.35. The van der Waals surface area contributed by atoms with E-state index >= 15 is 0 Å².